The monoisotopic (exact) mass is 262 g/mol. The van der Waals surface area contributed by atoms with Crippen molar-refractivity contribution in [3.8, 4) is 0 Å². The van der Waals surface area contributed by atoms with Crippen molar-refractivity contribution < 1.29 is 0 Å². The molecule has 0 aromatic carbocycles. The summed E-state index contributed by atoms with van der Waals surface area (Å²) in [6, 6.07) is 0. The lowest BCUT2D eigenvalue weighted by atomic mass is 9.40. The summed E-state index contributed by atoms with van der Waals surface area (Å²) in [5.41, 5.74) is 1.91. The molecule has 0 radical (unpaired) electrons. The number of hydrogen-bond donors (Lipinski definition) is 0. The Bertz CT molecular complexity index is 355. The molecule has 0 aromatic rings. The van der Waals surface area contributed by atoms with E-state index >= 15 is 0 Å². The fourth-order valence-corrected chi connectivity index (χ4v) is 7.02. The van der Waals surface area contributed by atoms with Gasteiger partial charge in [-0.05, 0) is 72.5 Å². The molecule has 3 rings (SSSR count). The predicted molar refractivity (Wildman–Crippen MR) is 83.1 cm³/mol. The van der Waals surface area contributed by atoms with Gasteiger partial charge in [-0.2, -0.15) is 0 Å². The van der Waals surface area contributed by atoms with Gasteiger partial charge in [0.25, 0.3) is 0 Å². The summed E-state index contributed by atoms with van der Waals surface area (Å²) in [4.78, 5) is 0. The van der Waals surface area contributed by atoms with Crippen molar-refractivity contribution >= 4 is 0 Å². The molecular formula is C19H34. The lowest BCUT2D eigenvalue weighted by Crippen LogP contribution is -2.56. The first kappa shape index (κ1) is 14.0. The first-order valence-electron chi connectivity index (χ1n) is 8.78. The Hall–Kier alpha value is 0. The molecule has 3 fully saturated rings. The lowest BCUT2D eigenvalue weighted by Gasteiger charge is -2.64. The first-order chi connectivity index (χ1) is 8.78. The van der Waals surface area contributed by atoms with Crippen LogP contribution in [0.1, 0.15) is 86.0 Å². The van der Waals surface area contributed by atoms with Crippen molar-refractivity contribution in [2.24, 2.45) is 34.0 Å². The highest BCUT2D eigenvalue weighted by Crippen LogP contribution is 2.67. The van der Waals surface area contributed by atoms with Gasteiger partial charge < -0.3 is 0 Å². The van der Waals surface area contributed by atoms with Crippen LogP contribution in [-0.2, 0) is 0 Å². The van der Waals surface area contributed by atoms with Crippen LogP contribution in [0.25, 0.3) is 0 Å². The van der Waals surface area contributed by atoms with Crippen LogP contribution in [0.15, 0.2) is 0 Å². The maximum Gasteiger partial charge on any atom is -0.0259 e. The van der Waals surface area contributed by atoms with Gasteiger partial charge in [-0.25, -0.2) is 0 Å². The van der Waals surface area contributed by atoms with Crippen LogP contribution in [0.5, 0.6) is 0 Å². The Labute approximate surface area is 120 Å². The predicted octanol–water partition coefficient (Wildman–Crippen LogP) is 6.06. The highest BCUT2D eigenvalue weighted by atomic mass is 14.6. The highest BCUT2D eigenvalue weighted by Gasteiger charge is 2.58. The van der Waals surface area contributed by atoms with Crippen LogP contribution in [0.4, 0.5) is 0 Å². The smallest absolute Gasteiger partial charge is 0.0259 e. The Balaban J connectivity index is 1.94. The standard InChI is InChI=1S/C19H34/c1-14-7-8-16-18(4,13-14)12-9-15-17(2,3)10-6-11-19(15,16)5/h14-16H,6-13H2,1-5H3. The van der Waals surface area contributed by atoms with Crippen molar-refractivity contribution in [1.82, 2.24) is 0 Å². The minimum Gasteiger partial charge on any atom is -0.0625 e. The van der Waals surface area contributed by atoms with Crippen LogP contribution in [-0.4, -0.2) is 0 Å². The van der Waals surface area contributed by atoms with Gasteiger partial charge in [-0.1, -0.05) is 47.5 Å². The van der Waals surface area contributed by atoms with Crippen LogP contribution in [0.3, 0.4) is 0 Å². The van der Waals surface area contributed by atoms with E-state index in [-0.39, 0.29) is 0 Å². The molecule has 3 aliphatic rings. The van der Waals surface area contributed by atoms with Gasteiger partial charge in [0.2, 0.25) is 0 Å². The molecule has 19 heavy (non-hydrogen) atoms. The van der Waals surface area contributed by atoms with E-state index in [1.807, 2.05) is 0 Å². The second-order valence-electron chi connectivity index (χ2n) is 9.53. The maximum absolute atomic E-state index is 2.68. The molecule has 3 aliphatic carbocycles. The third-order valence-corrected chi connectivity index (χ3v) is 7.68. The summed E-state index contributed by atoms with van der Waals surface area (Å²) >= 11 is 0. The zero-order valence-corrected chi connectivity index (χ0v) is 13.9. The molecule has 0 aromatic heterocycles. The fourth-order valence-electron chi connectivity index (χ4n) is 7.02. The van der Waals surface area contributed by atoms with Gasteiger partial charge in [-0.3, -0.25) is 0 Å². The van der Waals surface area contributed by atoms with Gasteiger partial charge in [0.15, 0.2) is 0 Å². The quantitative estimate of drug-likeness (QED) is 0.498. The first-order valence-corrected chi connectivity index (χ1v) is 8.78. The number of rotatable bonds is 0. The Morgan fingerprint density at radius 2 is 1.53 bits per heavy atom. The zero-order valence-electron chi connectivity index (χ0n) is 13.9. The fraction of sp³-hybridized carbons (Fsp3) is 1.00. The summed E-state index contributed by atoms with van der Waals surface area (Å²) < 4.78 is 0. The summed E-state index contributed by atoms with van der Waals surface area (Å²) in [5.74, 6) is 2.97. The van der Waals surface area contributed by atoms with E-state index in [2.05, 4.69) is 34.6 Å². The van der Waals surface area contributed by atoms with E-state index in [9.17, 15) is 0 Å². The van der Waals surface area contributed by atoms with E-state index in [1.165, 1.54) is 51.4 Å². The molecule has 0 spiro atoms. The van der Waals surface area contributed by atoms with Crippen LogP contribution >= 0.6 is 0 Å². The largest absolute Gasteiger partial charge is 0.0625 e. The molecule has 5 atom stereocenters. The SMILES string of the molecule is CC1CCC2C(C)(CCC3C(C)(C)CCCC32C)C1. The molecule has 0 bridgehead atoms. The highest BCUT2D eigenvalue weighted by molar-refractivity contribution is 5.08. The average Bonchev–Trinajstić information content (AvgIpc) is 2.25. The molecule has 3 saturated carbocycles. The van der Waals surface area contributed by atoms with Crippen molar-refractivity contribution in [1.29, 1.82) is 0 Å². The Morgan fingerprint density at radius 3 is 2.26 bits per heavy atom. The summed E-state index contributed by atoms with van der Waals surface area (Å²) in [7, 11) is 0. The Morgan fingerprint density at radius 1 is 0.789 bits per heavy atom. The van der Waals surface area contributed by atoms with Crippen molar-refractivity contribution in [2.75, 3.05) is 0 Å². The molecule has 0 aliphatic heterocycles. The van der Waals surface area contributed by atoms with Gasteiger partial charge in [0.1, 0.15) is 0 Å². The van der Waals surface area contributed by atoms with E-state index in [0.29, 0.717) is 16.2 Å². The molecule has 0 saturated heterocycles. The van der Waals surface area contributed by atoms with E-state index in [0.717, 1.165) is 17.8 Å². The van der Waals surface area contributed by atoms with Crippen molar-refractivity contribution in [3.63, 3.8) is 0 Å². The minimum atomic E-state index is 0.595. The number of hydrogen-bond acceptors (Lipinski definition) is 0. The molecule has 0 N–H and O–H groups in total. The van der Waals surface area contributed by atoms with E-state index in [4.69, 9.17) is 0 Å². The van der Waals surface area contributed by atoms with Crippen molar-refractivity contribution in [2.45, 2.75) is 86.0 Å². The van der Waals surface area contributed by atoms with E-state index in [1.54, 1.807) is 0 Å². The topological polar surface area (TPSA) is 0 Å². The van der Waals surface area contributed by atoms with Gasteiger partial charge >= 0.3 is 0 Å². The summed E-state index contributed by atoms with van der Waals surface area (Å²) in [5, 5.41) is 0. The summed E-state index contributed by atoms with van der Waals surface area (Å²) in [6.45, 7) is 12.9. The van der Waals surface area contributed by atoms with Crippen LogP contribution in [0, 0.1) is 34.0 Å². The molecule has 0 heteroatoms. The second-order valence-corrected chi connectivity index (χ2v) is 9.53. The zero-order chi connectivity index (χ0) is 13.9. The third kappa shape index (κ3) is 2.00. The molecule has 110 valence electrons. The van der Waals surface area contributed by atoms with Crippen LogP contribution < -0.4 is 0 Å². The van der Waals surface area contributed by atoms with Gasteiger partial charge in [0.05, 0.1) is 0 Å². The van der Waals surface area contributed by atoms with E-state index < -0.39 is 0 Å². The molecule has 5 unspecified atom stereocenters. The number of fused-ring (bicyclic) bond motifs is 3. The lowest BCUT2D eigenvalue weighted by molar-refractivity contribution is -0.149. The van der Waals surface area contributed by atoms with Gasteiger partial charge in [0, 0.05) is 0 Å². The second kappa shape index (κ2) is 4.25. The molecule has 0 amide bonds. The normalized spacial score (nSPS) is 53.2. The minimum absolute atomic E-state index is 0.595. The van der Waals surface area contributed by atoms with Crippen LogP contribution in [0.2, 0.25) is 0 Å². The maximum atomic E-state index is 2.68. The average molecular weight is 262 g/mol. The Kier molecular flexibility index (Phi) is 3.12. The third-order valence-electron chi connectivity index (χ3n) is 7.68. The van der Waals surface area contributed by atoms with Crippen molar-refractivity contribution in [3.05, 3.63) is 0 Å². The molecule has 0 heterocycles. The van der Waals surface area contributed by atoms with Gasteiger partial charge in [-0.15, -0.1) is 0 Å². The summed E-state index contributed by atoms with van der Waals surface area (Å²) in [6.07, 6.45) is 12.0. The molecule has 0 nitrogen and oxygen atoms in total. The molecular weight excluding hydrogens is 228 g/mol.